The van der Waals surface area contributed by atoms with Gasteiger partial charge in [-0.1, -0.05) is 15.9 Å². The number of benzene rings is 1. The Balaban J connectivity index is 3.24. The zero-order chi connectivity index (χ0) is 14.4. The average molecular weight is 323 g/mol. The van der Waals surface area contributed by atoms with Crippen molar-refractivity contribution in [2.75, 3.05) is 20.7 Å². The monoisotopic (exact) mass is 322 g/mol. The Kier molecular flexibility index (Phi) is 5.58. The lowest BCUT2D eigenvalue weighted by Crippen LogP contribution is -2.22. The van der Waals surface area contributed by atoms with Crippen molar-refractivity contribution in [3.63, 3.8) is 0 Å². The minimum Gasteiger partial charge on any atom is -0.493 e. The highest BCUT2D eigenvalue weighted by atomic mass is 79.9. The second-order valence-electron chi connectivity index (χ2n) is 3.98. The molecule has 100 valence electrons. The van der Waals surface area contributed by atoms with Crippen molar-refractivity contribution in [1.82, 2.24) is 4.90 Å². The molecule has 5 heteroatoms. The Morgan fingerprint density at radius 3 is 2.74 bits per heavy atom. The molecule has 0 N–H and O–H groups in total. The average Bonchev–Trinajstić information content (AvgIpc) is 2.38. The molecule has 0 aliphatic heterocycles. The smallest absolute Gasteiger partial charge is 0.264 e. The maximum atomic E-state index is 11.8. The number of carbonyl (C=O) groups excluding carboxylic acids is 1. The third-order valence-corrected chi connectivity index (χ3v) is 2.82. The SMILES string of the molecule is CCOc1ccc(Br)cc1/C=C(/C#N)C(=O)N(C)C. The molecule has 0 atom stereocenters. The second-order valence-corrected chi connectivity index (χ2v) is 4.90. The summed E-state index contributed by atoms with van der Waals surface area (Å²) in [5.74, 6) is 0.315. The number of amides is 1. The van der Waals surface area contributed by atoms with Gasteiger partial charge in [0, 0.05) is 24.1 Å². The first kappa shape index (κ1) is 15.3. The third-order valence-electron chi connectivity index (χ3n) is 2.33. The lowest BCUT2D eigenvalue weighted by atomic mass is 10.1. The summed E-state index contributed by atoms with van der Waals surface area (Å²) in [5.41, 5.74) is 0.770. The number of hydrogen-bond donors (Lipinski definition) is 0. The van der Waals surface area contributed by atoms with Gasteiger partial charge in [0.25, 0.3) is 5.91 Å². The van der Waals surface area contributed by atoms with Crippen LogP contribution in [0.15, 0.2) is 28.2 Å². The van der Waals surface area contributed by atoms with E-state index in [0.717, 1.165) is 4.47 Å². The highest BCUT2D eigenvalue weighted by Gasteiger charge is 2.12. The molecule has 0 unspecified atom stereocenters. The molecule has 0 heterocycles. The van der Waals surface area contributed by atoms with Crippen LogP contribution in [-0.2, 0) is 4.79 Å². The van der Waals surface area contributed by atoms with Crippen LogP contribution in [0, 0.1) is 11.3 Å². The highest BCUT2D eigenvalue weighted by Crippen LogP contribution is 2.25. The zero-order valence-corrected chi connectivity index (χ0v) is 12.7. The second kappa shape index (κ2) is 6.95. The lowest BCUT2D eigenvalue weighted by molar-refractivity contribution is -0.124. The van der Waals surface area contributed by atoms with E-state index in [1.54, 1.807) is 20.2 Å². The Morgan fingerprint density at radius 2 is 2.21 bits per heavy atom. The first-order valence-corrected chi connectivity index (χ1v) is 6.54. The lowest BCUT2D eigenvalue weighted by Gasteiger charge is -2.11. The van der Waals surface area contributed by atoms with E-state index in [9.17, 15) is 4.79 Å². The van der Waals surface area contributed by atoms with E-state index in [-0.39, 0.29) is 11.5 Å². The molecule has 1 aromatic rings. The number of rotatable bonds is 4. The van der Waals surface area contributed by atoms with Gasteiger partial charge in [0.2, 0.25) is 0 Å². The predicted molar refractivity (Wildman–Crippen MR) is 77.6 cm³/mol. The Labute approximate surface area is 121 Å². The van der Waals surface area contributed by atoms with Crippen LogP contribution in [0.25, 0.3) is 6.08 Å². The molecule has 1 rings (SSSR count). The summed E-state index contributed by atoms with van der Waals surface area (Å²) >= 11 is 3.36. The van der Waals surface area contributed by atoms with Gasteiger partial charge in [0.05, 0.1) is 6.61 Å². The van der Waals surface area contributed by atoms with Crippen LogP contribution in [0.5, 0.6) is 5.75 Å². The fraction of sp³-hybridized carbons (Fsp3) is 0.286. The van der Waals surface area contributed by atoms with E-state index in [1.165, 1.54) is 11.0 Å². The van der Waals surface area contributed by atoms with Crippen molar-refractivity contribution < 1.29 is 9.53 Å². The minimum atomic E-state index is -0.329. The molecule has 4 nitrogen and oxygen atoms in total. The topological polar surface area (TPSA) is 53.3 Å². The van der Waals surface area contributed by atoms with Crippen LogP contribution in [0.2, 0.25) is 0 Å². The summed E-state index contributed by atoms with van der Waals surface area (Å²) in [6.07, 6.45) is 1.54. The molecular formula is C14H15BrN2O2. The van der Waals surface area contributed by atoms with Gasteiger partial charge >= 0.3 is 0 Å². The van der Waals surface area contributed by atoms with E-state index in [0.29, 0.717) is 17.9 Å². The van der Waals surface area contributed by atoms with E-state index in [1.807, 2.05) is 25.1 Å². The van der Waals surface area contributed by atoms with Crippen molar-refractivity contribution in [3.05, 3.63) is 33.8 Å². The molecule has 0 fully saturated rings. The summed E-state index contributed by atoms with van der Waals surface area (Å²) in [6, 6.07) is 7.38. The van der Waals surface area contributed by atoms with Crippen LogP contribution in [0.1, 0.15) is 12.5 Å². The van der Waals surface area contributed by atoms with Crippen LogP contribution in [0.4, 0.5) is 0 Å². The number of nitrogens with zero attached hydrogens (tertiary/aromatic N) is 2. The predicted octanol–water partition coefficient (Wildman–Crippen LogP) is 2.84. The maximum absolute atomic E-state index is 11.8. The summed E-state index contributed by atoms with van der Waals surface area (Å²) in [4.78, 5) is 13.2. The van der Waals surface area contributed by atoms with E-state index in [4.69, 9.17) is 10.00 Å². The van der Waals surface area contributed by atoms with Crippen molar-refractivity contribution in [2.24, 2.45) is 0 Å². The fourth-order valence-electron chi connectivity index (χ4n) is 1.46. The van der Waals surface area contributed by atoms with Gasteiger partial charge in [-0.25, -0.2) is 0 Å². The molecule has 0 bridgehead atoms. The van der Waals surface area contributed by atoms with E-state index >= 15 is 0 Å². The van der Waals surface area contributed by atoms with Gasteiger partial charge in [0.15, 0.2) is 0 Å². The number of hydrogen-bond acceptors (Lipinski definition) is 3. The summed E-state index contributed by atoms with van der Waals surface area (Å²) in [5, 5.41) is 9.08. The van der Waals surface area contributed by atoms with Gasteiger partial charge in [-0.15, -0.1) is 0 Å². The highest BCUT2D eigenvalue weighted by molar-refractivity contribution is 9.10. The van der Waals surface area contributed by atoms with Gasteiger partial charge in [0.1, 0.15) is 17.4 Å². The number of ether oxygens (including phenoxy) is 1. The quantitative estimate of drug-likeness (QED) is 0.632. The molecule has 0 spiro atoms. The molecule has 0 radical (unpaired) electrons. The molecule has 0 aliphatic carbocycles. The first-order chi connectivity index (χ1) is 8.99. The largest absolute Gasteiger partial charge is 0.493 e. The molecular weight excluding hydrogens is 308 g/mol. The summed E-state index contributed by atoms with van der Waals surface area (Å²) in [6.45, 7) is 2.40. The molecule has 0 saturated heterocycles. The van der Waals surface area contributed by atoms with Crippen molar-refractivity contribution >= 4 is 27.9 Å². The van der Waals surface area contributed by atoms with Gasteiger partial charge in [-0.05, 0) is 31.2 Å². The Morgan fingerprint density at radius 1 is 1.53 bits per heavy atom. The van der Waals surface area contributed by atoms with Gasteiger partial charge < -0.3 is 9.64 Å². The Hall–Kier alpha value is -1.80. The number of halogens is 1. The molecule has 1 aromatic carbocycles. The Bertz CT molecular complexity index is 545. The first-order valence-electron chi connectivity index (χ1n) is 5.75. The van der Waals surface area contributed by atoms with Crippen LogP contribution < -0.4 is 4.74 Å². The van der Waals surface area contributed by atoms with Gasteiger partial charge in [-0.3, -0.25) is 4.79 Å². The maximum Gasteiger partial charge on any atom is 0.264 e. The molecule has 19 heavy (non-hydrogen) atoms. The van der Waals surface area contributed by atoms with Crippen molar-refractivity contribution in [3.8, 4) is 11.8 Å². The summed E-state index contributed by atoms with van der Waals surface area (Å²) in [7, 11) is 3.22. The third kappa shape index (κ3) is 4.11. The molecule has 0 aromatic heterocycles. The normalized spacial score (nSPS) is 10.8. The zero-order valence-electron chi connectivity index (χ0n) is 11.1. The van der Waals surface area contributed by atoms with Crippen LogP contribution in [-0.4, -0.2) is 31.5 Å². The standard InChI is InChI=1S/C14H15BrN2O2/c1-4-19-13-6-5-12(15)8-10(13)7-11(9-16)14(18)17(2)3/h5-8H,4H2,1-3H3/b11-7-. The van der Waals surface area contributed by atoms with Crippen LogP contribution >= 0.6 is 15.9 Å². The van der Waals surface area contributed by atoms with Gasteiger partial charge in [-0.2, -0.15) is 5.26 Å². The van der Waals surface area contributed by atoms with E-state index < -0.39 is 0 Å². The van der Waals surface area contributed by atoms with Crippen LogP contribution in [0.3, 0.4) is 0 Å². The van der Waals surface area contributed by atoms with Crippen molar-refractivity contribution in [1.29, 1.82) is 5.26 Å². The van der Waals surface area contributed by atoms with E-state index in [2.05, 4.69) is 15.9 Å². The fourth-order valence-corrected chi connectivity index (χ4v) is 1.84. The summed E-state index contributed by atoms with van der Waals surface area (Å²) < 4.78 is 6.34. The number of likely N-dealkylation sites (N-methyl/N-ethyl adjacent to an activating group) is 1. The molecule has 1 amide bonds. The number of nitriles is 1. The molecule has 0 saturated carbocycles. The van der Waals surface area contributed by atoms with Crippen molar-refractivity contribution in [2.45, 2.75) is 6.92 Å². The number of carbonyl (C=O) groups is 1. The minimum absolute atomic E-state index is 0.0732. The molecule has 0 aliphatic rings.